The second kappa shape index (κ2) is 13.3. The molecule has 0 spiro atoms. The molecule has 1 N–H and O–H groups in total. The molecule has 0 aromatic heterocycles. The smallest absolute Gasteiger partial charge is 0.308 e. The summed E-state index contributed by atoms with van der Waals surface area (Å²) < 4.78 is 11.0. The van der Waals surface area contributed by atoms with E-state index in [1.54, 1.807) is 0 Å². The van der Waals surface area contributed by atoms with E-state index < -0.39 is 11.9 Å². The summed E-state index contributed by atoms with van der Waals surface area (Å²) in [6.45, 7) is 7.99. The third-order valence-corrected chi connectivity index (χ3v) is 8.21. The van der Waals surface area contributed by atoms with Crippen LogP contribution < -0.4 is 9.47 Å². The first kappa shape index (κ1) is 28.2. The second-order valence-corrected chi connectivity index (χ2v) is 10.8. The maximum atomic E-state index is 13.5. The SMILES string of the molecule is CCCCN(CCCC)C(=O)CN1C[C@H](c2ccc3c(c2)OCO3)[C@@H](C(=O)O)[C@@H]1CCCN1CCCC1=O. The molecule has 1 aromatic carbocycles. The standard InChI is InChI=1S/C29H43N3O6/c1-3-5-13-31(14-6-4-2)27(34)19-32-18-22(21-11-12-24-25(17-21)38-20-37-24)28(29(35)36)23(32)9-7-15-30-16-8-10-26(30)33/h11-12,17,22-23,28H,3-10,13-16,18-20H2,1-2H3,(H,35,36)/t22-,23+,28-/m1/s1. The van der Waals surface area contributed by atoms with Gasteiger partial charge in [-0.2, -0.15) is 0 Å². The zero-order valence-corrected chi connectivity index (χ0v) is 22.9. The van der Waals surface area contributed by atoms with Crippen molar-refractivity contribution in [3.63, 3.8) is 0 Å². The zero-order valence-electron chi connectivity index (χ0n) is 22.9. The number of ether oxygens (including phenoxy) is 2. The summed E-state index contributed by atoms with van der Waals surface area (Å²) in [6, 6.07) is 5.37. The summed E-state index contributed by atoms with van der Waals surface area (Å²) >= 11 is 0. The fourth-order valence-electron chi connectivity index (χ4n) is 6.10. The van der Waals surface area contributed by atoms with Crippen LogP contribution in [0.25, 0.3) is 0 Å². The summed E-state index contributed by atoms with van der Waals surface area (Å²) in [5, 5.41) is 10.4. The van der Waals surface area contributed by atoms with Gasteiger partial charge in [0.2, 0.25) is 18.6 Å². The quantitative estimate of drug-likeness (QED) is 0.392. The molecule has 9 nitrogen and oxygen atoms in total. The number of aliphatic carboxylic acids is 1. The predicted molar refractivity (Wildman–Crippen MR) is 143 cm³/mol. The Morgan fingerprint density at radius 3 is 2.47 bits per heavy atom. The van der Waals surface area contributed by atoms with Crippen molar-refractivity contribution < 1.29 is 29.0 Å². The van der Waals surface area contributed by atoms with E-state index in [-0.39, 0.29) is 37.1 Å². The molecule has 2 saturated heterocycles. The molecule has 0 aliphatic carbocycles. The lowest BCUT2D eigenvalue weighted by atomic mass is 9.83. The molecular weight excluding hydrogens is 486 g/mol. The molecule has 0 saturated carbocycles. The Hall–Kier alpha value is -2.81. The van der Waals surface area contributed by atoms with Gasteiger partial charge < -0.3 is 24.4 Å². The molecule has 0 bridgehead atoms. The molecule has 9 heteroatoms. The van der Waals surface area contributed by atoms with Crippen molar-refractivity contribution in [2.24, 2.45) is 5.92 Å². The van der Waals surface area contributed by atoms with Crippen LogP contribution in [0.2, 0.25) is 0 Å². The third-order valence-electron chi connectivity index (χ3n) is 8.21. The number of fused-ring (bicyclic) bond motifs is 1. The van der Waals surface area contributed by atoms with Crippen LogP contribution >= 0.6 is 0 Å². The van der Waals surface area contributed by atoms with Crippen LogP contribution in [0.3, 0.4) is 0 Å². The van der Waals surface area contributed by atoms with E-state index >= 15 is 0 Å². The summed E-state index contributed by atoms with van der Waals surface area (Å²) in [4.78, 5) is 44.2. The van der Waals surface area contributed by atoms with Gasteiger partial charge in [0, 0.05) is 51.1 Å². The average Bonchev–Trinajstić information content (AvgIpc) is 3.62. The lowest BCUT2D eigenvalue weighted by molar-refractivity contribution is -0.144. The fraction of sp³-hybridized carbons (Fsp3) is 0.690. The van der Waals surface area contributed by atoms with Gasteiger partial charge in [0.25, 0.3) is 0 Å². The number of carbonyl (C=O) groups excluding carboxylic acids is 2. The van der Waals surface area contributed by atoms with Gasteiger partial charge in [0.1, 0.15) is 0 Å². The number of hydrogen-bond acceptors (Lipinski definition) is 6. The van der Waals surface area contributed by atoms with Crippen LogP contribution in [0, 0.1) is 5.92 Å². The van der Waals surface area contributed by atoms with E-state index in [0.717, 1.165) is 57.3 Å². The van der Waals surface area contributed by atoms with Gasteiger partial charge in [-0.25, -0.2) is 0 Å². The van der Waals surface area contributed by atoms with Crippen molar-refractivity contribution in [1.29, 1.82) is 0 Å². The number of hydrogen-bond donors (Lipinski definition) is 1. The van der Waals surface area contributed by atoms with Crippen LogP contribution in [-0.4, -0.2) is 89.7 Å². The number of benzene rings is 1. The number of unbranched alkanes of at least 4 members (excludes halogenated alkanes) is 2. The Bertz CT molecular complexity index is 977. The second-order valence-electron chi connectivity index (χ2n) is 10.8. The summed E-state index contributed by atoms with van der Waals surface area (Å²) in [5.74, 6) is -0.222. The van der Waals surface area contributed by atoms with Crippen molar-refractivity contribution in [2.45, 2.75) is 77.2 Å². The van der Waals surface area contributed by atoms with E-state index in [1.165, 1.54) is 0 Å². The molecule has 4 rings (SSSR count). The first-order valence-electron chi connectivity index (χ1n) is 14.3. The number of carbonyl (C=O) groups is 3. The van der Waals surface area contributed by atoms with Gasteiger partial charge in [-0.05, 0) is 49.8 Å². The van der Waals surface area contributed by atoms with Gasteiger partial charge in [-0.1, -0.05) is 32.8 Å². The normalized spacial score (nSPS) is 22.8. The number of rotatable bonds is 14. The Morgan fingerprint density at radius 2 is 1.82 bits per heavy atom. The van der Waals surface area contributed by atoms with Crippen LogP contribution in [0.15, 0.2) is 18.2 Å². The zero-order chi connectivity index (χ0) is 27.1. The van der Waals surface area contributed by atoms with E-state index in [4.69, 9.17) is 9.47 Å². The largest absolute Gasteiger partial charge is 0.481 e. The van der Waals surface area contributed by atoms with Crippen LogP contribution in [0.1, 0.15) is 76.7 Å². The molecule has 3 heterocycles. The summed E-state index contributed by atoms with van der Waals surface area (Å²) in [7, 11) is 0. The molecular formula is C29H43N3O6. The summed E-state index contributed by atoms with van der Waals surface area (Å²) in [5.41, 5.74) is 0.894. The number of likely N-dealkylation sites (tertiary alicyclic amines) is 2. The van der Waals surface area contributed by atoms with Crippen molar-refractivity contribution in [1.82, 2.24) is 14.7 Å². The molecule has 38 heavy (non-hydrogen) atoms. The van der Waals surface area contributed by atoms with E-state index in [9.17, 15) is 19.5 Å². The lowest BCUT2D eigenvalue weighted by Gasteiger charge is -2.30. The monoisotopic (exact) mass is 529 g/mol. The Morgan fingerprint density at radius 1 is 1.08 bits per heavy atom. The topological polar surface area (TPSA) is 99.6 Å². The van der Waals surface area contributed by atoms with E-state index in [1.807, 2.05) is 28.0 Å². The maximum absolute atomic E-state index is 13.5. The minimum atomic E-state index is -0.848. The molecule has 0 unspecified atom stereocenters. The average molecular weight is 530 g/mol. The molecule has 2 amide bonds. The number of amides is 2. The molecule has 0 radical (unpaired) electrons. The molecule has 3 aliphatic rings. The van der Waals surface area contributed by atoms with Gasteiger partial charge in [-0.15, -0.1) is 0 Å². The summed E-state index contributed by atoms with van der Waals surface area (Å²) in [6.07, 6.45) is 6.78. The Balaban J connectivity index is 1.54. The van der Waals surface area contributed by atoms with Gasteiger partial charge in [-0.3, -0.25) is 19.3 Å². The maximum Gasteiger partial charge on any atom is 0.308 e. The predicted octanol–water partition coefficient (Wildman–Crippen LogP) is 3.72. The molecule has 210 valence electrons. The third kappa shape index (κ3) is 6.60. The molecule has 1 aromatic rings. The molecule has 3 atom stereocenters. The molecule has 3 aliphatic heterocycles. The highest BCUT2D eigenvalue weighted by Crippen LogP contribution is 2.43. The minimum absolute atomic E-state index is 0.0714. The minimum Gasteiger partial charge on any atom is -0.481 e. The van der Waals surface area contributed by atoms with Crippen LogP contribution in [-0.2, 0) is 14.4 Å². The highest BCUT2D eigenvalue weighted by Gasteiger charge is 2.47. The Kier molecular flexibility index (Phi) is 9.88. The number of nitrogens with zero attached hydrogens (tertiary/aromatic N) is 3. The van der Waals surface area contributed by atoms with E-state index in [0.29, 0.717) is 43.9 Å². The number of carboxylic acid groups (broad SMARTS) is 1. The van der Waals surface area contributed by atoms with Gasteiger partial charge >= 0.3 is 5.97 Å². The number of carboxylic acids is 1. The van der Waals surface area contributed by atoms with Crippen LogP contribution in [0.5, 0.6) is 11.5 Å². The molecule has 2 fully saturated rings. The van der Waals surface area contributed by atoms with E-state index in [2.05, 4.69) is 18.7 Å². The van der Waals surface area contributed by atoms with Crippen LogP contribution in [0.4, 0.5) is 0 Å². The van der Waals surface area contributed by atoms with Crippen molar-refractivity contribution in [2.75, 3.05) is 46.1 Å². The highest BCUT2D eigenvalue weighted by molar-refractivity contribution is 5.79. The fourth-order valence-corrected chi connectivity index (χ4v) is 6.10. The van der Waals surface area contributed by atoms with Gasteiger partial charge in [0.05, 0.1) is 12.5 Å². The first-order chi connectivity index (χ1) is 18.4. The van der Waals surface area contributed by atoms with Crippen molar-refractivity contribution in [3.05, 3.63) is 23.8 Å². The lowest BCUT2D eigenvalue weighted by Crippen LogP contribution is -2.45. The van der Waals surface area contributed by atoms with Crippen molar-refractivity contribution in [3.8, 4) is 11.5 Å². The highest BCUT2D eigenvalue weighted by atomic mass is 16.7. The Labute approximate surface area is 226 Å². The van der Waals surface area contributed by atoms with Gasteiger partial charge in [0.15, 0.2) is 11.5 Å². The van der Waals surface area contributed by atoms with Crippen molar-refractivity contribution >= 4 is 17.8 Å². The first-order valence-corrected chi connectivity index (χ1v) is 14.3.